The number of aromatic nitrogens is 1. The second-order valence-electron chi connectivity index (χ2n) is 4.95. The minimum absolute atomic E-state index is 0.160. The van der Waals surface area contributed by atoms with Crippen LogP contribution in [0.2, 0.25) is 5.02 Å². The number of hydrogen-bond acceptors (Lipinski definition) is 3. The van der Waals surface area contributed by atoms with Crippen LogP contribution in [0.15, 0.2) is 36.5 Å². The molecule has 0 radical (unpaired) electrons. The highest BCUT2D eigenvalue weighted by atomic mass is 35.5. The first-order valence-electron chi connectivity index (χ1n) is 6.83. The predicted octanol–water partition coefficient (Wildman–Crippen LogP) is 3.01. The molecule has 0 saturated heterocycles. The Labute approximate surface area is 133 Å². The quantitative estimate of drug-likeness (QED) is 0.832. The normalized spacial score (nSPS) is 11.8. The number of aryl methyl sites for hydroxylation is 1. The number of esters is 1. The van der Waals surface area contributed by atoms with Gasteiger partial charge in [0.2, 0.25) is 0 Å². The lowest BCUT2D eigenvalue weighted by Gasteiger charge is -2.16. The molecule has 2 N–H and O–H groups in total. The highest BCUT2D eigenvalue weighted by Gasteiger charge is 2.15. The molecule has 2 aromatic rings. The number of H-pyrrole nitrogens is 1. The average molecular weight is 321 g/mol. The van der Waals surface area contributed by atoms with Crippen molar-refractivity contribution in [3.63, 3.8) is 0 Å². The summed E-state index contributed by atoms with van der Waals surface area (Å²) < 4.78 is 4.93. The zero-order valence-electron chi connectivity index (χ0n) is 12.4. The first-order valence-corrected chi connectivity index (χ1v) is 7.21. The molecule has 1 aromatic carbocycles. The highest BCUT2D eigenvalue weighted by molar-refractivity contribution is 6.30. The number of halogens is 1. The molecule has 2 rings (SSSR count). The Morgan fingerprint density at radius 2 is 2.09 bits per heavy atom. The Morgan fingerprint density at radius 1 is 1.36 bits per heavy atom. The van der Waals surface area contributed by atoms with Crippen molar-refractivity contribution in [3.05, 3.63) is 58.4 Å². The number of amides is 1. The second kappa shape index (κ2) is 7.13. The summed E-state index contributed by atoms with van der Waals surface area (Å²) in [6.45, 7) is 3.52. The topological polar surface area (TPSA) is 71.2 Å². The fraction of sp³-hybridized carbons (Fsp3) is 0.250. The van der Waals surface area contributed by atoms with Gasteiger partial charge in [-0.25, -0.2) is 4.79 Å². The third-order valence-corrected chi connectivity index (χ3v) is 3.45. The molecule has 22 heavy (non-hydrogen) atoms. The molecule has 0 fully saturated rings. The Kier molecular flexibility index (Phi) is 5.22. The van der Waals surface area contributed by atoms with E-state index in [1.165, 1.54) is 12.3 Å². The van der Waals surface area contributed by atoms with Crippen molar-refractivity contribution in [2.75, 3.05) is 6.61 Å². The SMILES string of the molecule is Cc1ccccc1C(C)NC(=O)COC(=O)c1cc(Cl)c[nH]1. The summed E-state index contributed by atoms with van der Waals surface area (Å²) >= 11 is 5.70. The number of hydrogen-bond donors (Lipinski definition) is 2. The van der Waals surface area contributed by atoms with Gasteiger partial charge in [-0.1, -0.05) is 35.9 Å². The molecule has 0 aliphatic carbocycles. The van der Waals surface area contributed by atoms with Crippen LogP contribution in [0.4, 0.5) is 0 Å². The van der Waals surface area contributed by atoms with Crippen LogP contribution >= 0.6 is 11.6 Å². The van der Waals surface area contributed by atoms with Gasteiger partial charge in [0.05, 0.1) is 11.1 Å². The molecule has 5 nitrogen and oxygen atoms in total. The number of carbonyl (C=O) groups is 2. The van der Waals surface area contributed by atoms with Gasteiger partial charge in [0.25, 0.3) is 5.91 Å². The van der Waals surface area contributed by atoms with Crippen LogP contribution in [0.3, 0.4) is 0 Å². The number of benzene rings is 1. The van der Waals surface area contributed by atoms with Crippen LogP contribution in [-0.2, 0) is 9.53 Å². The third-order valence-electron chi connectivity index (χ3n) is 3.23. The van der Waals surface area contributed by atoms with Crippen molar-refractivity contribution >= 4 is 23.5 Å². The average Bonchev–Trinajstić information content (AvgIpc) is 2.91. The molecule has 1 heterocycles. The molecular weight excluding hydrogens is 304 g/mol. The predicted molar refractivity (Wildman–Crippen MR) is 83.8 cm³/mol. The van der Waals surface area contributed by atoms with Gasteiger partial charge in [-0.2, -0.15) is 0 Å². The summed E-state index contributed by atoms with van der Waals surface area (Å²) in [6.07, 6.45) is 1.47. The van der Waals surface area contributed by atoms with E-state index < -0.39 is 5.97 Å². The van der Waals surface area contributed by atoms with E-state index in [9.17, 15) is 9.59 Å². The maximum absolute atomic E-state index is 11.9. The third kappa shape index (κ3) is 4.11. The molecule has 0 saturated carbocycles. The molecular formula is C16H17ClN2O3. The lowest BCUT2D eigenvalue weighted by Crippen LogP contribution is -2.31. The van der Waals surface area contributed by atoms with Gasteiger partial charge in [-0.05, 0) is 31.0 Å². The molecule has 0 aliphatic rings. The van der Waals surface area contributed by atoms with Crippen molar-refractivity contribution in [2.24, 2.45) is 0 Å². The molecule has 6 heteroatoms. The Hall–Kier alpha value is -2.27. The van der Waals surface area contributed by atoms with Crippen molar-refractivity contribution in [2.45, 2.75) is 19.9 Å². The Morgan fingerprint density at radius 3 is 2.73 bits per heavy atom. The fourth-order valence-electron chi connectivity index (χ4n) is 2.13. The van der Waals surface area contributed by atoms with Crippen molar-refractivity contribution in [3.8, 4) is 0 Å². The van der Waals surface area contributed by atoms with Gasteiger partial charge >= 0.3 is 5.97 Å². The Bertz CT molecular complexity index is 682. The van der Waals surface area contributed by atoms with Crippen LogP contribution in [0.1, 0.15) is 34.6 Å². The zero-order valence-corrected chi connectivity index (χ0v) is 13.1. The molecule has 1 aromatic heterocycles. The number of aromatic amines is 1. The summed E-state index contributed by atoms with van der Waals surface area (Å²) in [5, 5.41) is 3.20. The van der Waals surface area contributed by atoms with Crippen molar-refractivity contribution < 1.29 is 14.3 Å². The van der Waals surface area contributed by atoms with Gasteiger partial charge in [0, 0.05) is 6.20 Å². The number of ether oxygens (including phenoxy) is 1. The van der Waals surface area contributed by atoms with E-state index in [2.05, 4.69) is 10.3 Å². The molecule has 0 aliphatic heterocycles. The number of carbonyl (C=O) groups excluding carboxylic acids is 2. The standard InChI is InChI=1S/C16H17ClN2O3/c1-10-5-3-4-6-13(10)11(2)19-15(20)9-22-16(21)14-7-12(17)8-18-14/h3-8,11,18H,9H2,1-2H3,(H,19,20). The van der Waals surface area contributed by atoms with Crippen molar-refractivity contribution in [1.29, 1.82) is 0 Å². The largest absolute Gasteiger partial charge is 0.451 e. The van der Waals surface area contributed by atoms with Crippen LogP contribution < -0.4 is 5.32 Å². The van der Waals surface area contributed by atoms with Gasteiger partial charge < -0.3 is 15.0 Å². The molecule has 1 amide bonds. The van der Waals surface area contributed by atoms with E-state index in [0.29, 0.717) is 5.02 Å². The monoisotopic (exact) mass is 320 g/mol. The fourth-order valence-corrected chi connectivity index (χ4v) is 2.29. The van der Waals surface area contributed by atoms with E-state index in [0.717, 1.165) is 11.1 Å². The van der Waals surface area contributed by atoms with Crippen LogP contribution in [0.25, 0.3) is 0 Å². The Balaban J connectivity index is 1.85. The maximum atomic E-state index is 11.9. The molecule has 116 valence electrons. The van der Waals surface area contributed by atoms with Gasteiger partial charge in [0.15, 0.2) is 6.61 Å². The van der Waals surface area contributed by atoms with Crippen molar-refractivity contribution in [1.82, 2.24) is 10.3 Å². The van der Waals surface area contributed by atoms with Crippen LogP contribution in [0.5, 0.6) is 0 Å². The lowest BCUT2D eigenvalue weighted by atomic mass is 10.0. The van der Waals surface area contributed by atoms with Crippen LogP contribution in [-0.4, -0.2) is 23.5 Å². The highest BCUT2D eigenvalue weighted by Crippen LogP contribution is 2.16. The van der Waals surface area contributed by atoms with E-state index in [1.807, 2.05) is 38.1 Å². The number of rotatable bonds is 5. The van der Waals surface area contributed by atoms with E-state index >= 15 is 0 Å². The van der Waals surface area contributed by atoms with Crippen LogP contribution in [0, 0.1) is 6.92 Å². The summed E-state index contributed by atoms with van der Waals surface area (Å²) in [5.41, 5.74) is 2.33. The second-order valence-corrected chi connectivity index (χ2v) is 5.39. The summed E-state index contributed by atoms with van der Waals surface area (Å²) in [4.78, 5) is 26.2. The minimum atomic E-state index is -0.620. The molecule has 1 atom stereocenters. The van der Waals surface area contributed by atoms with E-state index in [-0.39, 0.29) is 24.2 Å². The van der Waals surface area contributed by atoms with E-state index in [1.54, 1.807) is 0 Å². The van der Waals surface area contributed by atoms with E-state index in [4.69, 9.17) is 16.3 Å². The summed E-state index contributed by atoms with van der Waals surface area (Å²) in [5.74, 6) is -0.979. The lowest BCUT2D eigenvalue weighted by molar-refractivity contribution is -0.124. The van der Waals surface area contributed by atoms with Gasteiger partial charge in [-0.3, -0.25) is 4.79 Å². The number of nitrogens with one attached hydrogen (secondary N) is 2. The maximum Gasteiger partial charge on any atom is 0.355 e. The zero-order chi connectivity index (χ0) is 16.1. The molecule has 0 bridgehead atoms. The first-order chi connectivity index (χ1) is 10.5. The molecule has 0 spiro atoms. The summed E-state index contributed by atoms with van der Waals surface area (Å²) in [7, 11) is 0. The van der Waals surface area contributed by atoms with Gasteiger partial charge in [0.1, 0.15) is 5.69 Å². The minimum Gasteiger partial charge on any atom is -0.451 e. The summed E-state index contributed by atoms with van der Waals surface area (Å²) in [6, 6.07) is 9.07. The first kappa shape index (κ1) is 16.1. The van der Waals surface area contributed by atoms with Gasteiger partial charge in [-0.15, -0.1) is 0 Å². The smallest absolute Gasteiger partial charge is 0.355 e. The molecule has 1 unspecified atom stereocenters.